The molecule has 0 unspecified atom stereocenters. The van der Waals surface area contributed by atoms with Crippen molar-refractivity contribution >= 4 is 11.0 Å². The van der Waals surface area contributed by atoms with E-state index in [1.54, 1.807) is 7.11 Å². The molecule has 2 aromatic rings. The lowest BCUT2D eigenvalue weighted by atomic mass is 10.1. The number of benzene rings is 1. The SMILES string of the molecule is COCCOCCNCc1c(C)oc2ccccc12. The van der Waals surface area contributed by atoms with E-state index in [-0.39, 0.29) is 0 Å². The maximum Gasteiger partial charge on any atom is 0.134 e. The first-order valence-electron chi connectivity index (χ1n) is 6.57. The fourth-order valence-corrected chi connectivity index (χ4v) is 2.04. The number of hydrogen-bond acceptors (Lipinski definition) is 4. The molecule has 4 nitrogen and oxygen atoms in total. The van der Waals surface area contributed by atoms with Gasteiger partial charge < -0.3 is 19.2 Å². The number of rotatable bonds is 8. The topological polar surface area (TPSA) is 43.6 Å². The van der Waals surface area contributed by atoms with Crippen LogP contribution in [0.5, 0.6) is 0 Å². The average Bonchev–Trinajstić information content (AvgIpc) is 2.74. The molecule has 0 fully saturated rings. The highest BCUT2D eigenvalue weighted by Gasteiger charge is 2.09. The highest BCUT2D eigenvalue weighted by molar-refractivity contribution is 5.82. The molecule has 19 heavy (non-hydrogen) atoms. The van der Waals surface area contributed by atoms with E-state index in [2.05, 4.69) is 11.4 Å². The fourth-order valence-electron chi connectivity index (χ4n) is 2.04. The van der Waals surface area contributed by atoms with Crippen LogP contribution in [0.25, 0.3) is 11.0 Å². The summed E-state index contributed by atoms with van der Waals surface area (Å²) in [5, 5.41) is 4.56. The number of nitrogens with one attached hydrogen (secondary N) is 1. The van der Waals surface area contributed by atoms with Gasteiger partial charge in [0, 0.05) is 31.1 Å². The van der Waals surface area contributed by atoms with Crippen molar-refractivity contribution in [3.05, 3.63) is 35.6 Å². The summed E-state index contributed by atoms with van der Waals surface area (Å²) in [6.45, 7) is 5.61. The zero-order chi connectivity index (χ0) is 13.5. The van der Waals surface area contributed by atoms with Crippen molar-refractivity contribution in [3.63, 3.8) is 0 Å². The zero-order valence-corrected chi connectivity index (χ0v) is 11.6. The zero-order valence-electron chi connectivity index (χ0n) is 11.6. The summed E-state index contributed by atoms with van der Waals surface area (Å²) in [7, 11) is 1.67. The first kappa shape index (κ1) is 14.1. The van der Waals surface area contributed by atoms with Crippen LogP contribution in [0.1, 0.15) is 11.3 Å². The van der Waals surface area contributed by atoms with Gasteiger partial charge >= 0.3 is 0 Å². The van der Waals surface area contributed by atoms with Crippen molar-refractivity contribution in [3.8, 4) is 0 Å². The van der Waals surface area contributed by atoms with Crippen LogP contribution in [0.3, 0.4) is 0 Å². The minimum Gasteiger partial charge on any atom is -0.461 e. The molecule has 0 saturated heterocycles. The number of methoxy groups -OCH3 is 1. The Labute approximate surface area is 113 Å². The molecule has 0 aliphatic carbocycles. The Morgan fingerprint density at radius 3 is 2.84 bits per heavy atom. The minimum atomic E-state index is 0.644. The van der Waals surface area contributed by atoms with Crippen LogP contribution < -0.4 is 5.32 Å². The average molecular weight is 263 g/mol. The van der Waals surface area contributed by atoms with Crippen molar-refractivity contribution in [1.29, 1.82) is 0 Å². The van der Waals surface area contributed by atoms with E-state index in [1.165, 1.54) is 10.9 Å². The third kappa shape index (κ3) is 3.80. The molecule has 0 spiro atoms. The Bertz CT molecular complexity index is 507. The van der Waals surface area contributed by atoms with Gasteiger partial charge in [-0.25, -0.2) is 0 Å². The number of hydrogen-bond donors (Lipinski definition) is 1. The Morgan fingerprint density at radius 2 is 2.00 bits per heavy atom. The largest absolute Gasteiger partial charge is 0.461 e. The minimum absolute atomic E-state index is 0.644. The van der Waals surface area contributed by atoms with E-state index in [0.717, 1.165) is 24.4 Å². The molecule has 2 rings (SSSR count). The third-order valence-corrected chi connectivity index (χ3v) is 3.06. The van der Waals surface area contributed by atoms with Gasteiger partial charge in [-0.3, -0.25) is 0 Å². The van der Waals surface area contributed by atoms with Gasteiger partial charge in [-0.15, -0.1) is 0 Å². The molecule has 1 heterocycles. The van der Waals surface area contributed by atoms with Crippen molar-refractivity contribution in [2.75, 3.05) is 33.5 Å². The highest BCUT2D eigenvalue weighted by atomic mass is 16.5. The van der Waals surface area contributed by atoms with E-state index in [9.17, 15) is 0 Å². The fraction of sp³-hybridized carbons (Fsp3) is 0.467. The Hall–Kier alpha value is -1.36. The van der Waals surface area contributed by atoms with Gasteiger partial charge in [-0.2, -0.15) is 0 Å². The quantitative estimate of drug-likeness (QED) is 0.743. The van der Waals surface area contributed by atoms with Gasteiger partial charge in [0.15, 0.2) is 0 Å². The summed E-state index contributed by atoms with van der Waals surface area (Å²) in [6.07, 6.45) is 0. The highest BCUT2D eigenvalue weighted by Crippen LogP contribution is 2.24. The van der Waals surface area contributed by atoms with Gasteiger partial charge in [-0.05, 0) is 13.0 Å². The van der Waals surface area contributed by atoms with E-state index in [4.69, 9.17) is 13.9 Å². The summed E-state index contributed by atoms with van der Waals surface area (Å²) in [6, 6.07) is 8.12. The monoisotopic (exact) mass is 263 g/mol. The molecule has 0 saturated carbocycles. The number of furan rings is 1. The standard InChI is InChI=1S/C15H21NO3/c1-12-14(11-16-7-8-18-10-9-17-2)13-5-3-4-6-15(13)19-12/h3-6,16H,7-11H2,1-2H3. The summed E-state index contributed by atoms with van der Waals surface area (Å²) in [5.41, 5.74) is 2.18. The number of ether oxygens (including phenoxy) is 2. The van der Waals surface area contributed by atoms with E-state index in [1.807, 2.05) is 25.1 Å². The van der Waals surface area contributed by atoms with Gasteiger partial charge in [0.1, 0.15) is 11.3 Å². The molecule has 0 bridgehead atoms. The van der Waals surface area contributed by atoms with Gasteiger partial charge in [0.25, 0.3) is 0 Å². The lowest BCUT2D eigenvalue weighted by Crippen LogP contribution is -2.20. The molecule has 104 valence electrons. The number of fused-ring (bicyclic) bond motifs is 1. The molecule has 0 radical (unpaired) electrons. The molecule has 1 aromatic carbocycles. The van der Waals surface area contributed by atoms with Crippen molar-refractivity contribution in [2.24, 2.45) is 0 Å². The van der Waals surface area contributed by atoms with Crippen LogP contribution >= 0.6 is 0 Å². The van der Waals surface area contributed by atoms with Crippen LogP contribution in [0.15, 0.2) is 28.7 Å². The second-order valence-corrected chi connectivity index (χ2v) is 4.41. The summed E-state index contributed by atoms with van der Waals surface area (Å²) < 4.78 is 16.0. The number of aryl methyl sites for hydroxylation is 1. The van der Waals surface area contributed by atoms with Gasteiger partial charge in [0.2, 0.25) is 0 Å². The molecule has 1 aromatic heterocycles. The van der Waals surface area contributed by atoms with Crippen LogP contribution in [0.4, 0.5) is 0 Å². The molecular weight excluding hydrogens is 242 g/mol. The summed E-state index contributed by atoms with van der Waals surface area (Å²) >= 11 is 0. The van der Waals surface area contributed by atoms with Gasteiger partial charge in [0.05, 0.1) is 19.8 Å². The molecule has 4 heteroatoms. The van der Waals surface area contributed by atoms with Crippen LogP contribution in [-0.2, 0) is 16.0 Å². The lowest BCUT2D eigenvalue weighted by molar-refractivity contribution is 0.0719. The molecular formula is C15H21NO3. The van der Waals surface area contributed by atoms with E-state index >= 15 is 0 Å². The van der Waals surface area contributed by atoms with E-state index in [0.29, 0.717) is 19.8 Å². The second kappa shape index (κ2) is 7.28. The Kier molecular flexibility index (Phi) is 5.39. The van der Waals surface area contributed by atoms with Crippen LogP contribution in [0.2, 0.25) is 0 Å². The molecule has 1 N–H and O–H groups in total. The third-order valence-electron chi connectivity index (χ3n) is 3.06. The van der Waals surface area contributed by atoms with Crippen molar-refractivity contribution in [2.45, 2.75) is 13.5 Å². The van der Waals surface area contributed by atoms with Crippen molar-refractivity contribution in [1.82, 2.24) is 5.32 Å². The van der Waals surface area contributed by atoms with Crippen LogP contribution in [-0.4, -0.2) is 33.5 Å². The summed E-state index contributed by atoms with van der Waals surface area (Å²) in [4.78, 5) is 0. The smallest absolute Gasteiger partial charge is 0.134 e. The predicted octanol–water partition coefficient (Wildman–Crippen LogP) is 2.49. The normalized spacial score (nSPS) is 11.3. The molecule has 0 atom stereocenters. The van der Waals surface area contributed by atoms with E-state index < -0.39 is 0 Å². The van der Waals surface area contributed by atoms with Gasteiger partial charge in [-0.1, -0.05) is 18.2 Å². The van der Waals surface area contributed by atoms with Crippen molar-refractivity contribution < 1.29 is 13.9 Å². The summed E-state index contributed by atoms with van der Waals surface area (Å²) in [5.74, 6) is 0.981. The number of para-hydroxylation sites is 1. The first-order valence-corrected chi connectivity index (χ1v) is 6.57. The Balaban J connectivity index is 1.80. The van der Waals surface area contributed by atoms with Crippen LogP contribution in [0, 0.1) is 6.92 Å². The first-order chi connectivity index (χ1) is 9.33. The molecule has 0 aliphatic rings. The molecule has 0 aliphatic heterocycles. The maximum absolute atomic E-state index is 5.72. The maximum atomic E-state index is 5.72. The molecule has 0 amide bonds. The Morgan fingerprint density at radius 1 is 1.16 bits per heavy atom. The second-order valence-electron chi connectivity index (χ2n) is 4.41. The predicted molar refractivity (Wildman–Crippen MR) is 75.4 cm³/mol. The lowest BCUT2D eigenvalue weighted by Gasteiger charge is -2.05.